The van der Waals surface area contributed by atoms with Crippen molar-refractivity contribution in [1.29, 1.82) is 0 Å². The summed E-state index contributed by atoms with van der Waals surface area (Å²) in [7, 11) is 3.19. The molecule has 5 rings (SSSR count). The van der Waals surface area contributed by atoms with Gasteiger partial charge in [0.05, 0.1) is 31.3 Å². The lowest BCUT2D eigenvalue weighted by atomic mass is 10.1. The van der Waals surface area contributed by atoms with E-state index in [2.05, 4.69) is 5.10 Å². The molecule has 7 heteroatoms. The smallest absolute Gasteiger partial charge is 0.282 e. The van der Waals surface area contributed by atoms with Gasteiger partial charge in [0.1, 0.15) is 17.1 Å². The van der Waals surface area contributed by atoms with Crippen LogP contribution < -0.4 is 15.0 Å². The zero-order valence-electron chi connectivity index (χ0n) is 18.4. The molecule has 0 amide bonds. The summed E-state index contributed by atoms with van der Waals surface area (Å²) in [6.45, 7) is 1.90. The Morgan fingerprint density at radius 3 is 2.58 bits per heavy atom. The third-order valence-electron chi connectivity index (χ3n) is 5.52. The molecule has 0 aliphatic carbocycles. The fourth-order valence-corrected chi connectivity index (χ4v) is 3.89. The van der Waals surface area contributed by atoms with Crippen molar-refractivity contribution >= 4 is 28.1 Å². The number of hydrogen-bond donors (Lipinski definition) is 0. The summed E-state index contributed by atoms with van der Waals surface area (Å²) >= 11 is 0. The fraction of sp³-hybridized carbons (Fsp3) is 0.115. The largest absolute Gasteiger partial charge is 0.496 e. The molecule has 0 unspecified atom stereocenters. The van der Waals surface area contributed by atoms with Crippen LogP contribution in [0.15, 0.2) is 81.0 Å². The Kier molecular flexibility index (Phi) is 5.14. The van der Waals surface area contributed by atoms with E-state index in [1.165, 1.54) is 4.68 Å². The molecule has 2 aromatic heterocycles. The van der Waals surface area contributed by atoms with Crippen molar-refractivity contribution in [2.45, 2.75) is 6.92 Å². The molecule has 164 valence electrons. The van der Waals surface area contributed by atoms with E-state index in [-0.39, 0.29) is 5.56 Å². The van der Waals surface area contributed by atoms with Gasteiger partial charge in [0.2, 0.25) is 5.82 Å². The first-order valence-electron chi connectivity index (χ1n) is 10.4. The Hall–Kier alpha value is -4.39. The standard InChI is InChI=1S/C26H21N3O4/c1-16-21(31-2)13-12-18(24(16)32-3)15-27-29-25(23-14-17-8-4-7-11-22(17)33-23)28-20-10-6-5-9-19(20)26(29)30/h4-15H,1-3H3. The maximum atomic E-state index is 13.4. The highest BCUT2D eigenvalue weighted by Crippen LogP contribution is 2.31. The lowest BCUT2D eigenvalue weighted by Gasteiger charge is -2.12. The predicted octanol–water partition coefficient (Wildman–Crippen LogP) is 5.02. The van der Waals surface area contributed by atoms with Crippen LogP contribution in [0.1, 0.15) is 11.1 Å². The summed E-state index contributed by atoms with van der Waals surface area (Å²) in [6.07, 6.45) is 1.58. The molecule has 0 bridgehead atoms. The van der Waals surface area contributed by atoms with Crippen LogP contribution in [0.25, 0.3) is 33.5 Å². The van der Waals surface area contributed by atoms with Gasteiger partial charge in [-0.1, -0.05) is 30.3 Å². The van der Waals surface area contributed by atoms with E-state index in [0.29, 0.717) is 45.1 Å². The van der Waals surface area contributed by atoms with Crippen molar-refractivity contribution in [3.63, 3.8) is 0 Å². The van der Waals surface area contributed by atoms with Crippen LogP contribution in [0, 0.1) is 6.92 Å². The average molecular weight is 439 g/mol. The minimum atomic E-state index is -0.295. The first kappa shape index (κ1) is 20.5. The summed E-state index contributed by atoms with van der Waals surface area (Å²) in [5, 5.41) is 5.89. The van der Waals surface area contributed by atoms with Gasteiger partial charge in [-0.05, 0) is 43.3 Å². The zero-order valence-corrected chi connectivity index (χ0v) is 18.4. The van der Waals surface area contributed by atoms with Gasteiger partial charge in [-0.15, -0.1) is 0 Å². The van der Waals surface area contributed by atoms with Crippen LogP contribution in [-0.2, 0) is 0 Å². The number of benzene rings is 3. The number of rotatable bonds is 5. The monoisotopic (exact) mass is 439 g/mol. The second-order valence-electron chi connectivity index (χ2n) is 7.48. The normalized spacial score (nSPS) is 11.5. The van der Waals surface area contributed by atoms with Gasteiger partial charge in [-0.3, -0.25) is 4.79 Å². The zero-order chi connectivity index (χ0) is 22.9. The highest BCUT2D eigenvalue weighted by Gasteiger charge is 2.17. The van der Waals surface area contributed by atoms with Gasteiger partial charge in [0, 0.05) is 16.5 Å². The predicted molar refractivity (Wildman–Crippen MR) is 128 cm³/mol. The molecule has 0 atom stereocenters. The van der Waals surface area contributed by atoms with Crippen molar-refractivity contribution in [1.82, 2.24) is 9.66 Å². The molecule has 0 saturated carbocycles. The maximum Gasteiger partial charge on any atom is 0.282 e. The average Bonchev–Trinajstić information content (AvgIpc) is 3.28. The molecule has 2 heterocycles. The van der Waals surface area contributed by atoms with E-state index in [1.54, 1.807) is 38.6 Å². The van der Waals surface area contributed by atoms with E-state index >= 15 is 0 Å². The second kappa shape index (κ2) is 8.27. The van der Waals surface area contributed by atoms with Crippen LogP contribution in [0.4, 0.5) is 0 Å². The third kappa shape index (κ3) is 3.53. The molecule has 0 aliphatic rings. The maximum absolute atomic E-state index is 13.4. The second-order valence-corrected chi connectivity index (χ2v) is 7.48. The Labute approximate surface area is 189 Å². The Morgan fingerprint density at radius 1 is 1.00 bits per heavy atom. The van der Waals surface area contributed by atoms with Crippen LogP contribution in [0.3, 0.4) is 0 Å². The van der Waals surface area contributed by atoms with Gasteiger partial charge < -0.3 is 13.9 Å². The number of methoxy groups -OCH3 is 2. The van der Waals surface area contributed by atoms with Gasteiger partial charge in [-0.25, -0.2) is 4.98 Å². The van der Waals surface area contributed by atoms with E-state index in [0.717, 1.165) is 10.9 Å². The minimum Gasteiger partial charge on any atom is -0.496 e. The van der Waals surface area contributed by atoms with Crippen LogP contribution in [0.5, 0.6) is 11.5 Å². The number of aromatic nitrogens is 2. The lowest BCUT2D eigenvalue weighted by Crippen LogP contribution is -2.20. The molecular formula is C26H21N3O4. The van der Waals surface area contributed by atoms with Gasteiger partial charge in [0.15, 0.2) is 5.76 Å². The summed E-state index contributed by atoms with van der Waals surface area (Å²) in [5.74, 6) is 2.09. The van der Waals surface area contributed by atoms with Crippen molar-refractivity contribution in [3.8, 4) is 23.1 Å². The van der Waals surface area contributed by atoms with E-state index in [4.69, 9.17) is 18.9 Å². The van der Waals surface area contributed by atoms with Crippen molar-refractivity contribution in [2.24, 2.45) is 5.10 Å². The molecule has 5 aromatic rings. The van der Waals surface area contributed by atoms with Crippen molar-refractivity contribution in [3.05, 3.63) is 88.2 Å². The number of fused-ring (bicyclic) bond motifs is 2. The van der Waals surface area contributed by atoms with Crippen LogP contribution in [-0.4, -0.2) is 30.1 Å². The van der Waals surface area contributed by atoms with Crippen LogP contribution >= 0.6 is 0 Å². The summed E-state index contributed by atoms with van der Waals surface area (Å²) in [6, 6.07) is 20.3. The summed E-state index contributed by atoms with van der Waals surface area (Å²) < 4.78 is 18.2. The Bertz CT molecular complexity index is 1550. The van der Waals surface area contributed by atoms with Gasteiger partial charge >= 0.3 is 0 Å². The third-order valence-corrected chi connectivity index (χ3v) is 5.52. The molecular weight excluding hydrogens is 418 g/mol. The number of ether oxygens (including phenoxy) is 2. The Balaban J connectivity index is 1.72. The van der Waals surface area contributed by atoms with Crippen molar-refractivity contribution in [2.75, 3.05) is 14.2 Å². The summed E-state index contributed by atoms with van der Waals surface area (Å²) in [5.41, 5.74) is 2.52. The van der Waals surface area contributed by atoms with E-state index < -0.39 is 0 Å². The topological polar surface area (TPSA) is 78.9 Å². The molecule has 0 N–H and O–H groups in total. The molecule has 0 saturated heterocycles. The quantitative estimate of drug-likeness (QED) is 0.360. The molecule has 0 fully saturated rings. The van der Waals surface area contributed by atoms with Gasteiger partial charge in [0.25, 0.3) is 5.56 Å². The number of furan rings is 1. The highest BCUT2D eigenvalue weighted by molar-refractivity contribution is 5.86. The minimum absolute atomic E-state index is 0.295. The molecule has 33 heavy (non-hydrogen) atoms. The molecule has 7 nitrogen and oxygen atoms in total. The number of para-hydroxylation sites is 2. The number of nitrogens with zero attached hydrogens (tertiary/aromatic N) is 3. The van der Waals surface area contributed by atoms with E-state index in [1.807, 2.05) is 55.5 Å². The van der Waals surface area contributed by atoms with E-state index in [9.17, 15) is 4.79 Å². The first-order chi connectivity index (χ1) is 16.1. The molecule has 3 aromatic carbocycles. The molecule has 0 radical (unpaired) electrons. The number of hydrogen-bond acceptors (Lipinski definition) is 6. The first-order valence-corrected chi connectivity index (χ1v) is 10.4. The summed E-state index contributed by atoms with van der Waals surface area (Å²) in [4.78, 5) is 18.1. The fourth-order valence-electron chi connectivity index (χ4n) is 3.89. The SMILES string of the molecule is COc1ccc(C=Nn2c(-c3cc4ccccc4o3)nc3ccccc3c2=O)c(OC)c1C. The van der Waals surface area contributed by atoms with Gasteiger partial charge in [-0.2, -0.15) is 9.78 Å². The van der Waals surface area contributed by atoms with Crippen molar-refractivity contribution < 1.29 is 13.9 Å². The Morgan fingerprint density at radius 2 is 1.79 bits per heavy atom. The molecule has 0 aliphatic heterocycles. The highest BCUT2D eigenvalue weighted by atomic mass is 16.5. The lowest BCUT2D eigenvalue weighted by molar-refractivity contribution is 0.388. The van der Waals surface area contributed by atoms with Crippen LogP contribution in [0.2, 0.25) is 0 Å². The molecule has 0 spiro atoms.